The molecule has 27 heavy (non-hydrogen) atoms. The number of hydrogen-bond acceptors (Lipinski definition) is 2. The fraction of sp³-hybridized carbons (Fsp3) is 0.708. The molecule has 3 heteroatoms. The predicted octanol–water partition coefficient (Wildman–Crippen LogP) is 7.39. The Hall–Kier alpha value is -0.933. The summed E-state index contributed by atoms with van der Waals surface area (Å²) < 4.78 is 6.44. The van der Waals surface area contributed by atoms with Crippen molar-refractivity contribution in [1.29, 1.82) is 0 Å². The first-order chi connectivity index (χ1) is 12.2. The van der Waals surface area contributed by atoms with Crippen LogP contribution in [0.3, 0.4) is 0 Å². The van der Waals surface area contributed by atoms with Crippen molar-refractivity contribution < 1.29 is 9.22 Å². The Morgan fingerprint density at radius 2 is 1.89 bits per heavy atom. The molecule has 0 amide bonds. The van der Waals surface area contributed by atoms with Gasteiger partial charge in [0.25, 0.3) is 0 Å². The Kier molecular flexibility index (Phi) is 8.07. The van der Waals surface area contributed by atoms with Crippen molar-refractivity contribution in [2.24, 2.45) is 5.41 Å². The van der Waals surface area contributed by atoms with Gasteiger partial charge in [-0.3, -0.25) is 4.79 Å². The molecule has 1 aliphatic carbocycles. The second-order valence-corrected chi connectivity index (χ2v) is 15.1. The third kappa shape index (κ3) is 6.87. The number of Topliss-reactive ketones (excluding diaryl/α,β-unsaturated/α-hetero) is 1. The smallest absolute Gasteiger partial charge is 0.192 e. The van der Waals surface area contributed by atoms with Crippen molar-refractivity contribution in [3.8, 4) is 0 Å². The van der Waals surface area contributed by atoms with Crippen LogP contribution in [0.2, 0.25) is 18.1 Å². The number of ketones is 1. The zero-order chi connectivity index (χ0) is 21.0. The molecule has 0 saturated heterocycles. The molecule has 1 aliphatic rings. The van der Waals surface area contributed by atoms with Crippen molar-refractivity contribution in [1.82, 2.24) is 0 Å². The Bertz CT molecular complexity index is 627. The summed E-state index contributed by atoms with van der Waals surface area (Å²) in [7, 11) is -1.69. The lowest BCUT2D eigenvalue weighted by Gasteiger charge is -2.38. The highest BCUT2D eigenvalue weighted by atomic mass is 28.4. The minimum atomic E-state index is -1.69. The van der Waals surface area contributed by atoms with Gasteiger partial charge in [0.15, 0.2) is 14.1 Å². The minimum absolute atomic E-state index is 0.0836. The van der Waals surface area contributed by atoms with Crippen LogP contribution in [0.4, 0.5) is 0 Å². The molecule has 0 radical (unpaired) electrons. The molecule has 1 atom stereocenters. The van der Waals surface area contributed by atoms with Gasteiger partial charge in [0, 0.05) is 12.5 Å². The Balaban J connectivity index is 2.67. The summed E-state index contributed by atoms with van der Waals surface area (Å²) in [5, 5.41) is 0.256. The van der Waals surface area contributed by atoms with Crippen molar-refractivity contribution in [3.05, 3.63) is 34.9 Å². The highest BCUT2D eigenvalue weighted by Gasteiger charge is 2.38. The largest absolute Gasteiger partial charge is 0.414 e. The van der Waals surface area contributed by atoms with E-state index in [2.05, 4.69) is 79.8 Å². The van der Waals surface area contributed by atoms with Crippen molar-refractivity contribution >= 4 is 14.1 Å². The van der Waals surface area contributed by atoms with Gasteiger partial charge in [-0.15, -0.1) is 0 Å². The summed E-state index contributed by atoms with van der Waals surface area (Å²) >= 11 is 0. The standard InChI is InChI=1S/C24H42O2Si/c1-18(12-11-13-19(2)26-27(9,10)23(4,5)6)14-15-21-20(3)22(25)16-17-24(21,7)8/h12,14-15,19H,11,13,16-17H2,1-10H3/b15-14+,18-12+. The molecule has 2 nitrogen and oxygen atoms in total. The maximum absolute atomic E-state index is 12.1. The zero-order valence-corrected chi connectivity index (χ0v) is 20.5. The Labute approximate surface area is 169 Å². The van der Waals surface area contributed by atoms with Crippen molar-refractivity contribution in [3.63, 3.8) is 0 Å². The van der Waals surface area contributed by atoms with Gasteiger partial charge in [-0.05, 0) is 74.7 Å². The SMILES string of the molecule is CC1=C(/C=C/C(C)=C/CCC(C)O[Si](C)(C)C(C)(C)C)C(C)(C)CCC1=O. The summed E-state index contributed by atoms with van der Waals surface area (Å²) in [5.41, 5.74) is 3.47. The van der Waals surface area contributed by atoms with Gasteiger partial charge in [0.2, 0.25) is 0 Å². The van der Waals surface area contributed by atoms with Gasteiger partial charge in [0.1, 0.15) is 0 Å². The van der Waals surface area contributed by atoms with Crippen LogP contribution in [0.1, 0.15) is 81.1 Å². The number of hydrogen-bond donors (Lipinski definition) is 0. The van der Waals surface area contributed by atoms with E-state index < -0.39 is 8.32 Å². The van der Waals surface area contributed by atoms with Gasteiger partial charge in [-0.2, -0.15) is 0 Å². The fourth-order valence-corrected chi connectivity index (χ4v) is 4.80. The third-order valence-corrected chi connectivity index (χ3v) is 11.0. The summed E-state index contributed by atoms with van der Waals surface area (Å²) in [6.07, 6.45) is 10.6. The van der Waals surface area contributed by atoms with Gasteiger partial charge in [-0.1, -0.05) is 58.4 Å². The van der Waals surface area contributed by atoms with Crippen LogP contribution in [0.5, 0.6) is 0 Å². The van der Waals surface area contributed by atoms with Gasteiger partial charge in [0.05, 0.1) is 0 Å². The van der Waals surface area contributed by atoms with Crippen LogP contribution in [-0.4, -0.2) is 20.2 Å². The maximum Gasteiger partial charge on any atom is 0.192 e. The lowest BCUT2D eigenvalue weighted by molar-refractivity contribution is -0.116. The molecule has 0 spiro atoms. The molecule has 1 unspecified atom stereocenters. The number of carbonyl (C=O) groups is 1. The molecule has 1 rings (SSSR count). The normalized spacial score (nSPS) is 20.5. The van der Waals surface area contributed by atoms with Crippen LogP contribution >= 0.6 is 0 Å². The third-order valence-electron chi connectivity index (χ3n) is 6.38. The lowest BCUT2D eigenvalue weighted by Crippen LogP contribution is -2.43. The molecule has 0 heterocycles. The molecule has 0 fully saturated rings. The first kappa shape index (κ1) is 24.1. The van der Waals surface area contributed by atoms with E-state index in [0.717, 1.165) is 24.8 Å². The average Bonchev–Trinajstić information content (AvgIpc) is 2.49. The van der Waals surface area contributed by atoms with Crippen LogP contribution in [-0.2, 0) is 9.22 Å². The summed E-state index contributed by atoms with van der Waals surface area (Å²) in [4.78, 5) is 12.1. The van der Waals surface area contributed by atoms with E-state index in [1.54, 1.807) is 0 Å². The number of allylic oxidation sites excluding steroid dienone is 6. The van der Waals surface area contributed by atoms with E-state index in [0.29, 0.717) is 18.3 Å². The Morgan fingerprint density at radius 3 is 2.44 bits per heavy atom. The molecule has 0 aromatic heterocycles. The van der Waals surface area contributed by atoms with Gasteiger partial charge < -0.3 is 4.43 Å². The van der Waals surface area contributed by atoms with E-state index in [-0.39, 0.29) is 10.5 Å². The lowest BCUT2D eigenvalue weighted by atomic mass is 9.72. The van der Waals surface area contributed by atoms with Crippen molar-refractivity contribution in [2.45, 2.75) is 105 Å². The minimum Gasteiger partial charge on any atom is -0.414 e. The van der Waals surface area contributed by atoms with E-state index >= 15 is 0 Å². The summed E-state index contributed by atoms with van der Waals surface area (Å²) in [5.74, 6) is 0.298. The van der Waals surface area contributed by atoms with Crippen LogP contribution in [0.25, 0.3) is 0 Å². The molecule has 154 valence electrons. The molecule has 0 aliphatic heterocycles. The monoisotopic (exact) mass is 390 g/mol. The summed E-state index contributed by atoms with van der Waals surface area (Å²) in [6.45, 7) is 22.3. The van der Waals surface area contributed by atoms with Crippen molar-refractivity contribution in [2.75, 3.05) is 0 Å². The first-order valence-electron chi connectivity index (χ1n) is 10.4. The molecule has 0 bridgehead atoms. The van der Waals surface area contributed by atoms with Gasteiger partial charge >= 0.3 is 0 Å². The molecule has 0 aromatic carbocycles. The second-order valence-electron chi connectivity index (χ2n) is 10.4. The van der Waals surface area contributed by atoms with Crippen LogP contribution in [0.15, 0.2) is 34.9 Å². The molecule has 0 aromatic rings. The first-order valence-corrected chi connectivity index (χ1v) is 13.4. The fourth-order valence-electron chi connectivity index (χ4n) is 3.32. The molecular weight excluding hydrogens is 348 g/mol. The topological polar surface area (TPSA) is 26.3 Å². The van der Waals surface area contributed by atoms with E-state index in [1.807, 2.05) is 6.92 Å². The highest BCUT2D eigenvalue weighted by molar-refractivity contribution is 6.74. The second kappa shape index (κ2) is 9.04. The zero-order valence-electron chi connectivity index (χ0n) is 19.5. The van der Waals surface area contributed by atoms with Crippen LogP contribution in [0, 0.1) is 5.41 Å². The highest BCUT2D eigenvalue weighted by Crippen LogP contribution is 2.40. The van der Waals surface area contributed by atoms with E-state index in [1.165, 1.54) is 11.1 Å². The number of rotatable bonds is 7. The maximum atomic E-state index is 12.1. The predicted molar refractivity (Wildman–Crippen MR) is 121 cm³/mol. The van der Waals surface area contributed by atoms with E-state index in [4.69, 9.17) is 4.43 Å². The quantitative estimate of drug-likeness (QED) is 0.335. The van der Waals surface area contributed by atoms with Crippen LogP contribution < -0.4 is 0 Å². The molecule has 0 N–H and O–H groups in total. The summed E-state index contributed by atoms with van der Waals surface area (Å²) in [6, 6.07) is 0. The Morgan fingerprint density at radius 1 is 1.30 bits per heavy atom. The van der Waals surface area contributed by atoms with E-state index in [9.17, 15) is 4.79 Å². The average molecular weight is 391 g/mol. The molecule has 0 saturated carbocycles. The number of carbonyl (C=O) groups excluding carboxylic acids is 1. The van der Waals surface area contributed by atoms with Gasteiger partial charge in [-0.25, -0.2) is 0 Å². The molecular formula is C24H42O2Si.